The Hall–Kier alpha value is -1.32. The van der Waals surface area contributed by atoms with Gasteiger partial charge in [-0.05, 0) is 13.6 Å². The minimum Gasteiger partial charge on any atom is -0.502 e. The molecule has 1 unspecified atom stereocenters. The fourth-order valence-electron chi connectivity index (χ4n) is 0.755. The number of nitrogens with one attached hydrogen (secondary N) is 2. The number of rotatable bonds is 4. The van der Waals surface area contributed by atoms with Crippen LogP contribution in [0.4, 0.5) is 0 Å². The Morgan fingerprint density at radius 1 is 1.75 bits per heavy atom. The predicted molar refractivity (Wildman–Crippen MR) is 50.6 cm³/mol. The molecule has 68 valence electrons. The van der Waals surface area contributed by atoms with Gasteiger partial charge in [0.1, 0.15) is 0 Å². The molecule has 0 aromatic rings. The van der Waals surface area contributed by atoms with Gasteiger partial charge in [0.2, 0.25) is 5.96 Å². The maximum Gasteiger partial charge on any atom is 0.214 e. The van der Waals surface area contributed by atoms with Crippen molar-refractivity contribution < 1.29 is 4.74 Å². The molecule has 1 atom stereocenters. The quantitative estimate of drug-likeness (QED) is 0.377. The second-order valence-electron chi connectivity index (χ2n) is 2.50. The summed E-state index contributed by atoms with van der Waals surface area (Å²) in [6, 6.07) is 0.0930. The van der Waals surface area contributed by atoms with E-state index in [-0.39, 0.29) is 12.0 Å². The largest absolute Gasteiger partial charge is 0.502 e. The molecule has 0 amide bonds. The number of guanidine groups is 1. The molecule has 0 fully saturated rings. The first-order chi connectivity index (χ1) is 5.60. The van der Waals surface area contributed by atoms with Crippen molar-refractivity contribution in [2.45, 2.75) is 19.4 Å². The van der Waals surface area contributed by atoms with Crippen molar-refractivity contribution in [3.05, 3.63) is 12.3 Å². The van der Waals surface area contributed by atoms with Gasteiger partial charge in [-0.2, -0.15) is 0 Å². The van der Waals surface area contributed by atoms with E-state index in [1.165, 1.54) is 0 Å². The molecule has 4 nitrogen and oxygen atoms in total. The second-order valence-corrected chi connectivity index (χ2v) is 2.50. The van der Waals surface area contributed by atoms with Gasteiger partial charge in [0.15, 0.2) is 0 Å². The van der Waals surface area contributed by atoms with Crippen LogP contribution in [-0.4, -0.2) is 25.8 Å². The lowest BCUT2D eigenvalue weighted by molar-refractivity contribution is 0.271. The van der Waals surface area contributed by atoms with Crippen LogP contribution in [-0.2, 0) is 4.74 Å². The maximum absolute atomic E-state index is 7.16. The summed E-state index contributed by atoms with van der Waals surface area (Å²) in [4.78, 5) is 3.41. The Balaban J connectivity index is 3.73. The highest BCUT2D eigenvalue weighted by Crippen LogP contribution is 2.02. The summed E-state index contributed by atoms with van der Waals surface area (Å²) in [6.07, 6.45) is 0.661. The highest BCUT2D eigenvalue weighted by Gasteiger charge is 2.04. The summed E-state index contributed by atoms with van der Waals surface area (Å²) in [7, 11) is 1.58. The maximum atomic E-state index is 7.16. The van der Waals surface area contributed by atoms with Crippen LogP contribution in [0.3, 0.4) is 0 Å². The van der Waals surface area contributed by atoms with E-state index in [0.717, 1.165) is 0 Å². The number of ether oxygens (including phenoxy) is 1. The average molecular weight is 169 g/mol. The van der Waals surface area contributed by atoms with Crippen LogP contribution < -0.4 is 5.32 Å². The molecular formula is C8H15N3O. The van der Waals surface area contributed by atoms with E-state index in [2.05, 4.69) is 23.6 Å². The van der Waals surface area contributed by atoms with Crippen molar-refractivity contribution in [1.82, 2.24) is 5.32 Å². The van der Waals surface area contributed by atoms with Gasteiger partial charge in [-0.3, -0.25) is 5.41 Å². The lowest BCUT2D eigenvalue weighted by Crippen LogP contribution is -2.30. The smallest absolute Gasteiger partial charge is 0.214 e. The van der Waals surface area contributed by atoms with Gasteiger partial charge in [-0.25, -0.2) is 4.99 Å². The van der Waals surface area contributed by atoms with Crippen molar-refractivity contribution in [2.75, 3.05) is 7.11 Å². The number of nitrogens with zero attached hydrogens (tertiary/aromatic N) is 1. The fourth-order valence-corrected chi connectivity index (χ4v) is 0.755. The number of methoxy groups -OCH3 is 1. The van der Waals surface area contributed by atoms with Crippen LogP contribution >= 0.6 is 0 Å². The Labute approximate surface area is 72.8 Å². The minimum absolute atomic E-state index is 0.0754. The molecule has 0 saturated heterocycles. The zero-order chi connectivity index (χ0) is 9.56. The Kier molecular flexibility index (Phi) is 4.76. The van der Waals surface area contributed by atoms with Crippen LogP contribution in [0.25, 0.3) is 0 Å². The van der Waals surface area contributed by atoms with E-state index in [4.69, 9.17) is 10.1 Å². The van der Waals surface area contributed by atoms with E-state index < -0.39 is 0 Å². The molecule has 0 saturated carbocycles. The molecule has 12 heavy (non-hydrogen) atoms. The first-order valence-electron chi connectivity index (χ1n) is 3.63. The van der Waals surface area contributed by atoms with Gasteiger partial charge in [0.25, 0.3) is 0 Å². The monoisotopic (exact) mass is 169 g/mol. The fraction of sp³-hybridized carbons (Fsp3) is 0.500. The van der Waals surface area contributed by atoms with E-state index in [0.29, 0.717) is 12.2 Å². The van der Waals surface area contributed by atoms with Crippen molar-refractivity contribution in [3.63, 3.8) is 0 Å². The topological polar surface area (TPSA) is 57.5 Å². The molecule has 2 N–H and O–H groups in total. The number of hydrogen-bond donors (Lipinski definition) is 2. The molecule has 0 aliphatic rings. The Morgan fingerprint density at radius 2 is 2.33 bits per heavy atom. The Bertz CT molecular complexity index is 189. The summed E-state index contributed by atoms with van der Waals surface area (Å²) in [5.74, 6) is 0.762. The molecule has 0 spiro atoms. The zero-order valence-corrected chi connectivity index (χ0v) is 7.55. The molecule has 0 aromatic carbocycles. The van der Waals surface area contributed by atoms with Gasteiger partial charge < -0.3 is 10.1 Å². The summed E-state index contributed by atoms with van der Waals surface area (Å²) in [5, 5.41) is 9.97. The highest BCUT2D eigenvalue weighted by molar-refractivity contribution is 5.81. The van der Waals surface area contributed by atoms with E-state index in [9.17, 15) is 0 Å². The van der Waals surface area contributed by atoms with E-state index in [1.54, 1.807) is 7.11 Å². The summed E-state index contributed by atoms with van der Waals surface area (Å²) >= 11 is 0. The van der Waals surface area contributed by atoms with Gasteiger partial charge in [-0.15, -0.1) is 0 Å². The van der Waals surface area contributed by atoms with Crippen LogP contribution in [0.1, 0.15) is 13.3 Å². The number of aliphatic imine (C=N–C) groups is 1. The molecule has 0 aliphatic heterocycles. The third kappa shape index (κ3) is 4.49. The van der Waals surface area contributed by atoms with E-state index in [1.807, 2.05) is 6.92 Å². The molecular weight excluding hydrogens is 154 g/mol. The SMILES string of the molecule is C=NC(=N)NC(C)CC(=C)OC. The van der Waals surface area contributed by atoms with Gasteiger partial charge in [-0.1, -0.05) is 6.58 Å². The Morgan fingerprint density at radius 3 is 2.75 bits per heavy atom. The molecule has 0 heterocycles. The predicted octanol–water partition coefficient (Wildman–Crippen LogP) is 1.15. The third-order valence-electron chi connectivity index (χ3n) is 1.36. The van der Waals surface area contributed by atoms with Crippen LogP contribution in [0.2, 0.25) is 0 Å². The van der Waals surface area contributed by atoms with Crippen molar-refractivity contribution >= 4 is 12.7 Å². The molecule has 0 aromatic heterocycles. The lowest BCUT2D eigenvalue weighted by Gasteiger charge is -2.13. The van der Waals surface area contributed by atoms with Gasteiger partial charge in [0.05, 0.1) is 12.9 Å². The second kappa shape index (κ2) is 5.35. The number of hydrogen-bond acceptors (Lipinski definition) is 2. The van der Waals surface area contributed by atoms with Gasteiger partial charge in [0, 0.05) is 12.5 Å². The van der Waals surface area contributed by atoms with Crippen LogP contribution in [0, 0.1) is 5.41 Å². The van der Waals surface area contributed by atoms with Crippen LogP contribution in [0.15, 0.2) is 17.3 Å². The molecule has 0 rings (SSSR count). The molecule has 0 aliphatic carbocycles. The zero-order valence-electron chi connectivity index (χ0n) is 7.55. The van der Waals surface area contributed by atoms with E-state index >= 15 is 0 Å². The van der Waals surface area contributed by atoms with Crippen molar-refractivity contribution in [1.29, 1.82) is 5.41 Å². The highest BCUT2D eigenvalue weighted by atomic mass is 16.5. The molecule has 4 heteroatoms. The average Bonchev–Trinajstić information content (AvgIpc) is 2.03. The molecule has 0 radical (unpaired) electrons. The first kappa shape index (κ1) is 10.7. The lowest BCUT2D eigenvalue weighted by atomic mass is 10.2. The molecule has 0 bridgehead atoms. The van der Waals surface area contributed by atoms with Crippen molar-refractivity contribution in [2.24, 2.45) is 4.99 Å². The first-order valence-corrected chi connectivity index (χ1v) is 3.63. The van der Waals surface area contributed by atoms with Crippen LogP contribution in [0.5, 0.6) is 0 Å². The normalized spacial score (nSPS) is 11.5. The standard InChI is InChI=1S/C8H15N3O/c1-6(5-7(2)12-4)11-8(9)10-3/h6H,2-3,5H2,1,4H3,(H2,9,11). The minimum atomic E-state index is 0.0754. The third-order valence-corrected chi connectivity index (χ3v) is 1.36. The summed E-state index contributed by atoms with van der Waals surface area (Å²) in [6.45, 7) is 8.81. The van der Waals surface area contributed by atoms with Crippen molar-refractivity contribution in [3.8, 4) is 0 Å². The summed E-state index contributed by atoms with van der Waals surface area (Å²) in [5.41, 5.74) is 0. The van der Waals surface area contributed by atoms with Gasteiger partial charge >= 0.3 is 0 Å². The summed E-state index contributed by atoms with van der Waals surface area (Å²) < 4.78 is 4.88.